The third-order valence-corrected chi connectivity index (χ3v) is 4.54. The summed E-state index contributed by atoms with van der Waals surface area (Å²) in [7, 11) is 0. The fourth-order valence-corrected chi connectivity index (χ4v) is 3.41. The minimum atomic E-state index is 0.0976. The molecule has 108 valence electrons. The molecule has 1 aliphatic carbocycles. The zero-order valence-corrected chi connectivity index (χ0v) is 12.9. The van der Waals surface area contributed by atoms with Crippen LogP contribution in [0, 0.1) is 0 Å². The van der Waals surface area contributed by atoms with Crippen LogP contribution < -0.4 is 0 Å². The van der Waals surface area contributed by atoms with E-state index in [-0.39, 0.29) is 5.41 Å². The van der Waals surface area contributed by atoms with Crippen molar-refractivity contribution >= 4 is 11.4 Å². The third kappa shape index (κ3) is 3.03. The van der Waals surface area contributed by atoms with Crippen LogP contribution in [0.4, 0.5) is 0 Å². The molecule has 0 radical (unpaired) electrons. The van der Waals surface area contributed by atoms with Crippen molar-refractivity contribution in [3.05, 3.63) is 42.0 Å². The Kier molecular flexibility index (Phi) is 4.80. The van der Waals surface area contributed by atoms with Crippen molar-refractivity contribution in [2.75, 3.05) is 0 Å². The molecule has 0 aromatic heterocycles. The van der Waals surface area contributed by atoms with Gasteiger partial charge in [-0.3, -0.25) is 4.79 Å². The summed E-state index contributed by atoms with van der Waals surface area (Å²) in [6.45, 7) is 8.40. The minimum Gasteiger partial charge on any atom is -0.300 e. The first-order valence-electron chi connectivity index (χ1n) is 7.86. The number of Topliss-reactive ketones (excluding diaryl/α,β-unsaturated/α-hetero) is 1. The lowest BCUT2D eigenvalue weighted by atomic mass is 9.60. The largest absolute Gasteiger partial charge is 0.300 e. The number of carbonyl (C=O) groups is 1. The number of benzene rings is 1. The minimum absolute atomic E-state index is 0.0976. The molecule has 2 rings (SSSR count). The van der Waals surface area contributed by atoms with Crippen molar-refractivity contribution in [3.63, 3.8) is 0 Å². The number of rotatable bonds is 7. The predicted octanol–water partition coefficient (Wildman–Crippen LogP) is 5.29. The third-order valence-electron chi connectivity index (χ3n) is 4.54. The second-order valence-electron chi connectivity index (χ2n) is 6.31. The Morgan fingerprint density at radius 3 is 2.50 bits per heavy atom. The van der Waals surface area contributed by atoms with Gasteiger partial charge < -0.3 is 0 Å². The highest BCUT2D eigenvalue weighted by Crippen LogP contribution is 2.47. The number of ketones is 1. The quantitative estimate of drug-likeness (QED) is 0.615. The van der Waals surface area contributed by atoms with Gasteiger partial charge in [0.2, 0.25) is 0 Å². The van der Waals surface area contributed by atoms with E-state index in [1.54, 1.807) is 0 Å². The fourth-order valence-electron chi connectivity index (χ4n) is 3.41. The molecule has 20 heavy (non-hydrogen) atoms. The molecular weight excluding hydrogens is 244 g/mol. The zero-order valence-electron chi connectivity index (χ0n) is 12.9. The topological polar surface area (TPSA) is 17.1 Å². The number of carbonyl (C=O) groups excluding carboxylic acids is 1. The zero-order chi connectivity index (χ0) is 14.6. The maximum Gasteiger partial charge on any atom is 0.134 e. The van der Waals surface area contributed by atoms with Gasteiger partial charge in [0.15, 0.2) is 0 Å². The van der Waals surface area contributed by atoms with Gasteiger partial charge in [-0.1, -0.05) is 69.0 Å². The summed E-state index contributed by atoms with van der Waals surface area (Å²) in [4.78, 5) is 11.6. The molecule has 0 bridgehead atoms. The number of hydrogen-bond donors (Lipinski definition) is 0. The highest BCUT2D eigenvalue weighted by atomic mass is 16.1. The van der Waals surface area contributed by atoms with Gasteiger partial charge in [0.1, 0.15) is 5.78 Å². The molecule has 0 atom stereocenters. The molecule has 1 aromatic carbocycles. The Balaban J connectivity index is 2.20. The van der Waals surface area contributed by atoms with Gasteiger partial charge in [0, 0.05) is 18.3 Å². The first kappa shape index (κ1) is 15.0. The van der Waals surface area contributed by atoms with Gasteiger partial charge in [-0.25, -0.2) is 0 Å². The lowest BCUT2D eigenvalue weighted by Gasteiger charge is -2.42. The molecule has 1 aliphatic rings. The van der Waals surface area contributed by atoms with Crippen molar-refractivity contribution < 1.29 is 4.79 Å². The summed E-state index contributed by atoms with van der Waals surface area (Å²) < 4.78 is 0. The average Bonchev–Trinajstić information content (AvgIpc) is 2.41. The highest BCUT2D eigenvalue weighted by Gasteiger charge is 2.45. The molecule has 0 aliphatic heterocycles. The summed E-state index contributed by atoms with van der Waals surface area (Å²) in [5.41, 5.74) is 3.80. The van der Waals surface area contributed by atoms with Gasteiger partial charge in [-0.15, -0.1) is 0 Å². The Hall–Kier alpha value is -1.37. The number of hydrogen-bond acceptors (Lipinski definition) is 1. The summed E-state index contributed by atoms with van der Waals surface area (Å²) in [5.74, 6) is 0.414. The van der Waals surface area contributed by atoms with Gasteiger partial charge in [0.25, 0.3) is 0 Å². The van der Waals surface area contributed by atoms with E-state index in [0.29, 0.717) is 5.78 Å². The Labute approximate surface area is 123 Å². The molecule has 0 amide bonds. The lowest BCUT2D eigenvalue weighted by molar-refractivity contribution is -0.128. The maximum absolute atomic E-state index is 11.6. The smallest absolute Gasteiger partial charge is 0.134 e. The summed E-state index contributed by atoms with van der Waals surface area (Å²) in [5, 5.41) is 0. The van der Waals surface area contributed by atoms with Crippen LogP contribution in [0.5, 0.6) is 0 Å². The molecule has 0 heterocycles. The van der Waals surface area contributed by atoms with E-state index in [4.69, 9.17) is 0 Å². The molecule has 0 unspecified atom stereocenters. The van der Waals surface area contributed by atoms with Crippen LogP contribution in [-0.4, -0.2) is 5.78 Å². The van der Waals surface area contributed by atoms with Gasteiger partial charge in [-0.2, -0.15) is 0 Å². The average molecular weight is 270 g/mol. The highest BCUT2D eigenvalue weighted by molar-refractivity contribution is 5.89. The first-order valence-corrected chi connectivity index (χ1v) is 7.86. The summed E-state index contributed by atoms with van der Waals surface area (Å²) in [6.07, 6.45) is 7.66. The van der Waals surface area contributed by atoms with Crippen molar-refractivity contribution in [1.82, 2.24) is 0 Å². The predicted molar refractivity (Wildman–Crippen MR) is 85.8 cm³/mol. The van der Waals surface area contributed by atoms with Crippen LogP contribution >= 0.6 is 0 Å². The number of unbranched alkanes of at least 4 members (excludes halogenated alkanes) is 3. The Morgan fingerprint density at radius 2 is 1.90 bits per heavy atom. The van der Waals surface area contributed by atoms with E-state index in [1.165, 1.54) is 36.8 Å². The van der Waals surface area contributed by atoms with E-state index in [0.717, 1.165) is 24.8 Å². The van der Waals surface area contributed by atoms with Crippen molar-refractivity contribution in [3.8, 4) is 0 Å². The maximum atomic E-state index is 11.6. The first-order chi connectivity index (χ1) is 9.59. The van der Waals surface area contributed by atoms with Crippen LogP contribution in [0.25, 0.3) is 5.57 Å². The molecule has 0 N–H and O–H groups in total. The van der Waals surface area contributed by atoms with E-state index in [9.17, 15) is 4.79 Å². The van der Waals surface area contributed by atoms with Crippen LogP contribution in [0.15, 0.2) is 30.8 Å². The molecule has 1 aromatic rings. The van der Waals surface area contributed by atoms with Crippen LogP contribution in [-0.2, 0) is 10.2 Å². The Morgan fingerprint density at radius 1 is 1.20 bits per heavy atom. The van der Waals surface area contributed by atoms with Crippen molar-refractivity contribution in [2.45, 2.75) is 64.2 Å². The molecule has 1 saturated carbocycles. The molecule has 0 saturated heterocycles. The fraction of sp³-hybridized carbons (Fsp3) is 0.526. The number of allylic oxidation sites excluding steroid dienone is 1. The normalized spacial score (nSPS) is 16.8. The van der Waals surface area contributed by atoms with Gasteiger partial charge >= 0.3 is 0 Å². The van der Waals surface area contributed by atoms with Crippen LogP contribution in [0.3, 0.4) is 0 Å². The van der Waals surface area contributed by atoms with Crippen LogP contribution in [0.1, 0.15) is 69.9 Å². The van der Waals surface area contributed by atoms with Crippen molar-refractivity contribution in [2.24, 2.45) is 0 Å². The lowest BCUT2D eigenvalue weighted by Crippen LogP contribution is -2.42. The van der Waals surface area contributed by atoms with Crippen molar-refractivity contribution in [1.29, 1.82) is 0 Å². The van der Waals surface area contributed by atoms with Crippen LogP contribution in [0.2, 0.25) is 0 Å². The molecule has 0 spiro atoms. The van der Waals surface area contributed by atoms with E-state index >= 15 is 0 Å². The van der Waals surface area contributed by atoms with Gasteiger partial charge in [0.05, 0.1) is 0 Å². The summed E-state index contributed by atoms with van der Waals surface area (Å²) >= 11 is 0. The standard InChI is InChI=1S/C19H26O/c1-4-5-6-9-12-19(13-16(20)14-19)18-11-8-7-10-17(18)15(2)3/h7-8,10-11H,2,4-6,9,12-14H2,1,3H3. The monoisotopic (exact) mass is 270 g/mol. The Bertz CT molecular complexity index is 490. The van der Waals surface area contributed by atoms with Gasteiger partial charge in [-0.05, 0) is 24.5 Å². The molecule has 1 heteroatoms. The van der Waals surface area contributed by atoms with E-state index in [1.807, 2.05) is 0 Å². The van der Waals surface area contributed by atoms with E-state index in [2.05, 4.69) is 44.7 Å². The molecule has 1 fully saturated rings. The molecular formula is C19H26O. The second kappa shape index (κ2) is 6.39. The molecule has 1 nitrogen and oxygen atoms in total. The van der Waals surface area contributed by atoms with E-state index < -0.39 is 0 Å². The second-order valence-corrected chi connectivity index (χ2v) is 6.31. The SMILES string of the molecule is C=C(C)c1ccccc1C1(CCCCCC)CC(=O)C1. The summed E-state index contributed by atoms with van der Waals surface area (Å²) in [6, 6.07) is 8.52.